The molecule has 5 nitrogen and oxygen atoms in total. The highest BCUT2D eigenvalue weighted by atomic mass is 16.3. The fourth-order valence-electron chi connectivity index (χ4n) is 1.83. The van der Waals surface area contributed by atoms with Gasteiger partial charge < -0.3 is 15.7 Å². The zero-order chi connectivity index (χ0) is 11.4. The Bertz CT molecular complexity index is 255. The molecular formula is C10H18N2O3. The topological polar surface area (TPSA) is 83.6 Å². The summed E-state index contributed by atoms with van der Waals surface area (Å²) in [5.41, 5.74) is 5.09. The van der Waals surface area contributed by atoms with E-state index < -0.39 is 11.8 Å². The third-order valence-corrected chi connectivity index (χ3v) is 2.87. The number of hydrogen-bond donors (Lipinski definition) is 2. The molecule has 0 radical (unpaired) electrons. The fourth-order valence-corrected chi connectivity index (χ4v) is 1.83. The first-order chi connectivity index (χ1) is 7.06. The molecule has 0 spiro atoms. The molecule has 2 unspecified atom stereocenters. The molecule has 3 N–H and O–H groups in total. The summed E-state index contributed by atoms with van der Waals surface area (Å²) in [6.07, 6.45) is 1.90. The number of nitrogens with two attached hydrogens (primary N) is 1. The van der Waals surface area contributed by atoms with Crippen LogP contribution < -0.4 is 5.73 Å². The lowest BCUT2D eigenvalue weighted by atomic mass is 10.1. The number of amides is 2. The number of carbonyl (C=O) groups excluding carboxylic acids is 2. The Morgan fingerprint density at radius 2 is 2.27 bits per heavy atom. The molecule has 1 fully saturated rings. The molecule has 0 aromatic heterocycles. The van der Waals surface area contributed by atoms with E-state index in [0.29, 0.717) is 6.54 Å². The van der Waals surface area contributed by atoms with Crippen LogP contribution in [0.15, 0.2) is 0 Å². The first-order valence-corrected chi connectivity index (χ1v) is 5.26. The minimum atomic E-state index is -0.455. The maximum absolute atomic E-state index is 11.7. The number of nitrogens with zero attached hydrogens (tertiary/aromatic N) is 1. The van der Waals surface area contributed by atoms with Crippen molar-refractivity contribution in [3.05, 3.63) is 0 Å². The zero-order valence-electron chi connectivity index (χ0n) is 8.98. The smallest absolute Gasteiger partial charge is 0.223 e. The fraction of sp³-hybridized carbons (Fsp3) is 0.800. The number of rotatable bonds is 4. The van der Waals surface area contributed by atoms with Gasteiger partial charge in [0.2, 0.25) is 11.8 Å². The molecule has 0 bridgehead atoms. The lowest BCUT2D eigenvalue weighted by Crippen LogP contribution is -2.39. The van der Waals surface area contributed by atoms with Crippen LogP contribution in [0.2, 0.25) is 0 Å². The normalized spacial score (nSPS) is 22.8. The van der Waals surface area contributed by atoms with Crippen molar-refractivity contribution in [2.24, 2.45) is 11.7 Å². The summed E-state index contributed by atoms with van der Waals surface area (Å²) in [6.45, 7) is 2.32. The minimum absolute atomic E-state index is 0.00328. The van der Waals surface area contributed by atoms with Crippen molar-refractivity contribution in [1.29, 1.82) is 0 Å². The summed E-state index contributed by atoms with van der Waals surface area (Å²) in [7, 11) is 0. The first kappa shape index (κ1) is 12.0. The number of primary amides is 1. The number of aliphatic hydroxyl groups excluding tert-OH is 1. The van der Waals surface area contributed by atoms with Crippen LogP contribution in [-0.2, 0) is 9.59 Å². The second-order valence-electron chi connectivity index (χ2n) is 4.07. The third-order valence-electron chi connectivity index (χ3n) is 2.87. The van der Waals surface area contributed by atoms with E-state index in [4.69, 9.17) is 10.8 Å². The van der Waals surface area contributed by atoms with Gasteiger partial charge in [0.25, 0.3) is 0 Å². The van der Waals surface area contributed by atoms with Crippen LogP contribution in [0.3, 0.4) is 0 Å². The van der Waals surface area contributed by atoms with Crippen molar-refractivity contribution in [3.8, 4) is 0 Å². The summed E-state index contributed by atoms with van der Waals surface area (Å²) in [6, 6.07) is -0.0717. The number of likely N-dealkylation sites (tertiary alicyclic amines) is 1. The quantitative estimate of drug-likeness (QED) is 0.660. The van der Waals surface area contributed by atoms with Crippen molar-refractivity contribution in [3.63, 3.8) is 0 Å². The van der Waals surface area contributed by atoms with Crippen LogP contribution in [0, 0.1) is 5.92 Å². The Morgan fingerprint density at radius 3 is 2.80 bits per heavy atom. The number of hydrogen-bond acceptors (Lipinski definition) is 3. The zero-order valence-corrected chi connectivity index (χ0v) is 8.98. The molecule has 1 heterocycles. The standard InChI is InChI=1S/C10H18N2O3/c1-7(10(11)15)5-9(14)12-4-2-3-8(12)6-13/h7-8,13H,2-6H2,1H3,(H2,11,15). The van der Waals surface area contributed by atoms with E-state index in [2.05, 4.69) is 0 Å². The summed E-state index contributed by atoms with van der Waals surface area (Å²) < 4.78 is 0. The van der Waals surface area contributed by atoms with Gasteiger partial charge in [0.15, 0.2) is 0 Å². The monoisotopic (exact) mass is 214 g/mol. The van der Waals surface area contributed by atoms with Gasteiger partial charge in [-0.3, -0.25) is 9.59 Å². The highest BCUT2D eigenvalue weighted by Gasteiger charge is 2.29. The van der Waals surface area contributed by atoms with Crippen molar-refractivity contribution < 1.29 is 14.7 Å². The van der Waals surface area contributed by atoms with Gasteiger partial charge >= 0.3 is 0 Å². The van der Waals surface area contributed by atoms with E-state index in [1.54, 1.807) is 11.8 Å². The van der Waals surface area contributed by atoms with Crippen LogP contribution in [0.1, 0.15) is 26.2 Å². The van der Waals surface area contributed by atoms with Gasteiger partial charge in [0.05, 0.1) is 12.6 Å². The molecule has 15 heavy (non-hydrogen) atoms. The first-order valence-electron chi connectivity index (χ1n) is 5.26. The van der Waals surface area contributed by atoms with E-state index in [-0.39, 0.29) is 25.0 Å². The van der Waals surface area contributed by atoms with Crippen LogP contribution in [0.5, 0.6) is 0 Å². The molecule has 1 aliphatic rings. The van der Waals surface area contributed by atoms with Crippen molar-refractivity contribution in [2.45, 2.75) is 32.2 Å². The third kappa shape index (κ3) is 2.92. The van der Waals surface area contributed by atoms with E-state index in [1.165, 1.54) is 0 Å². The minimum Gasteiger partial charge on any atom is -0.394 e. The molecule has 1 aliphatic heterocycles. The Kier molecular flexibility index (Phi) is 4.08. The molecule has 5 heteroatoms. The molecule has 2 amide bonds. The predicted molar refractivity (Wildman–Crippen MR) is 54.8 cm³/mol. The van der Waals surface area contributed by atoms with E-state index in [9.17, 15) is 9.59 Å². The van der Waals surface area contributed by atoms with Crippen LogP contribution >= 0.6 is 0 Å². The van der Waals surface area contributed by atoms with E-state index in [0.717, 1.165) is 12.8 Å². The van der Waals surface area contributed by atoms with Crippen molar-refractivity contribution >= 4 is 11.8 Å². The van der Waals surface area contributed by atoms with Gasteiger partial charge in [-0.15, -0.1) is 0 Å². The number of carbonyl (C=O) groups is 2. The van der Waals surface area contributed by atoms with Crippen molar-refractivity contribution in [2.75, 3.05) is 13.2 Å². The van der Waals surface area contributed by atoms with Gasteiger partial charge in [0, 0.05) is 18.9 Å². The molecule has 2 atom stereocenters. The predicted octanol–water partition coefficient (Wildman–Crippen LogP) is -0.519. The van der Waals surface area contributed by atoms with Gasteiger partial charge in [0.1, 0.15) is 0 Å². The molecular weight excluding hydrogens is 196 g/mol. The van der Waals surface area contributed by atoms with Crippen LogP contribution in [0.4, 0.5) is 0 Å². The van der Waals surface area contributed by atoms with Crippen LogP contribution in [0.25, 0.3) is 0 Å². The Morgan fingerprint density at radius 1 is 1.60 bits per heavy atom. The van der Waals surface area contributed by atoms with Gasteiger partial charge in [-0.1, -0.05) is 6.92 Å². The van der Waals surface area contributed by atoms with Gasteiger partial charge in [-0.05, 0) is 12.8 Å². The molecule has 86 valence electrons. The van der Waals surface area contributed by atoms with Gasteiger partial charge in [-0.25, -0.2) is 0 Å². The summed E-state index contributed by atoms with van der Waals surface area (Å²) in [4.78, 5) is 24.2. The Labute approximate surface area is 89.2 Å². The maximum atomic E-state index is 11.7. The van der Waals surface area contributed by atoms with Crippen LogP contribution in [-0.4, -0.2) is 41.0 Å². The average Bonchev–Trinajstić information content (AvgIpc) is 2.64. The molecule has 1 rings (SSSR count). The van der Waals surface area contributed by atoms with E-state index in [1.807, 2.05) is 0 Å². The number of aliphatic hydroxyl groups is 1. The second-order valence-corrected chi connectivity index (χ2v) is 4.07. The van der Waals surface area contributed by atoms with E-state index >= 15 is 0 Å². The summed E-state index contributed by atoms with van der Waals surface area (Å²) in [5, 5.41) is 9.04. The second kappa shape index (κ2) is 5.11. The average molecular weight is 214 g/mol. The SMILES string of the molecule is CC(CC(=O)N1CCCC1CO)C(N)=O. The van der Waals surface area contributed by atoms with Gasteiger partial charge in [-0.2, -0.15) is 0 Å². The summed E-state index contributed by atoms with van der Waals surface area (Å²) >= 11 is 0. The Balaban J connectivity index is 2.49. The molecule has 0 aromatic rings. The lowest BCUT2D eigenvalue weighted by Gasteiger charge is -2.23. The molecule has 0 saturated carbocycles. The lowest BCUT2D eigenvalue weighted by molar-refractivity contribution is -0.136. The highest BCUT2D eigenvalue weighted by Crippen LogP contribution is 2.19. The highest BCUT2D eigenvalue weighted by molar-refractivity contribution is 5.84. The molecule has 0 aliphatic carbocycles. The molecule has 0 aromatic carbocycles. The summed E-state index contributed by atoms with van der Waals surface area (Å²) in [5.74, 6) is -0.974. The largest absolute Gasteiger partial charge is 0.394 e. The maximum Gasteiger partial charge on any atom is 0.223 e. The molecule has 1 saturated heterocycles. The Hall–Kier alpha value is -1.10. The van der Waals surface area contributed by atoms with Crippen molar-refractivity contribution in [1.82, 2.24) is 4.90 Å².